The second-order valence-electron chi connectivity index (χ2n) is 8.62. The lowest BCUT2D eigenvalue weighted by atomic mass is 10.2. The molecular formula is C25H28N8O4. The van der Waals surface area contributed by atoms with Gasteiger partial charge >= 0.3 is 6.09 Å². The van der Waals surface area contributed by atoms with Crippen LogP contribution in [0.15, 0.2) is 61.6 Å². The van der Waals surface area contributed by atoms with Crippen LogP contribution in [0.2, 0.25) is 0 Å². The predicted molar refractivity (Wildman–Crippen MR) is 136 cm³/mol. The highest BCUT2D eigenvalue weighted by Gasteiger charge is 2.29. The van der Waals surface area contributed by atoms with Crippen molar-refractivity contribution >= 4 is 35.2 Å². The molecule has 3 aromatic rings. The van der Waals surface area contributed by atoms with Gasteiger partial charge in [-0.2, -0.15) is 9.78 Å². The van der Waals surface area contributed by atoms with E-state index in [4.69, 9.17) is 10.5 Å². The van der Waals surface area contributed by atoms with Gasteiger partial charge in [-0.05, 0) is 30.9 Å². The maximum atomic E-state index is 12.4. The Balaban J connectivity index is 1.45. The van der Waals surface area contributed by atoms with Crippen molar-refractivity contribution in [2.45, 2.75) is 38.0 Å². The first-order valence-corrected chi connectivity index (χ1v) is 11.7. The van der Waals surface area contributed by atoms with Crippen LogP contribution in [0.3, 0.4) is 0 Å². The highest BCUT2D eigenvalue weighted by atomic mass is 16.6. The predicted octanol–water partition coefficient (Wildman–Crippen LogP) is 2.36. The van der Waals surface area contributed by atoms with Crippen LogP contribution in [0.25, 0.3) is 0 Å². The molecule has 1 aliphatic carbocycles. The zero-order chi connectivity index (χ0) is 26.4. The van der Waals surface area contributed by atoms with Gasteiger partial charge in [0.15, 0.2) is 11.5 Å². The molecule has 1 saturated carbocycles. The van der Waals surface area contributed by atoms with Crippen molar-refractivity contribution in [2.75, 3.05) is 17.3 Å². The molecule has 192 valence electrons. The standard InChI is InChI=1S/C25H28N8O4/c1-3-21(34)29-17-9-10-19(11-17)32(2)20-13-27-22(23(26)35)24(31-20)30-18-12-28-33(14-18)25(36)37-15-16-7-5-4-6-8-16/h3-8,12-14,17,19H,1,9-11,15H2,2H3,(H2,26,35)(H,29,34)(H,30,31)/t17?,19-/m1/s1. The van der Waals surface area contributed by atoms with Gasteiger partial charge in [-0.25, -0.2) is 14.8 Å². The van der Waals surface area contributed by atoms with Gasteiger partial charge in [0.05, 0.1) is 24.3 Å². The number of carbonyl (C=O) groups is 3. The summed E-state index contributed by atoms with van der Waals surface area (Å²) in [5.74, 6) is -0.312. The molecule has 1 aromatic carbocycles. The highest BCUT2D eigenvalue weighted by molar-refractivity contribution is 5.96. The Morgan fingerprint density at radius 2 is 2.03 bits per heavy atom. The maximum absolute atomic E-state index is 12.4. The monoisotopic (exact) mass is 504 g/mol. The fourth-order valence-corrected chi connectivity index (χ4v) is 4.11. The van der Waals surface area contributed by atoms with Gasteiger partial charge < -0.3 is 26.0 Å². The summed E-state index contributed by atoms with van der Waals surface area (Å²) in [4.78, 5) is 46.7. The number of hydrogen-bond donors (Lipinski definition) is 3. The van der Waals surface area contributed by atoms with E-state index in [1.807, 2.05) is 42.3 Å². The van der Waals surface area contributed by atoms with Crippen molar-refractivity contribution in [1.82, 2.24) is 25.1 Å². The number of aromatic nitrogens is 4. The van der Waals surface area contributed by atoms with Crippen LogP contribution in [0.4, 0.5) is 22.1 Å². The fraction of sp³-hybridized carbons (Fsp3) is 0.280. The summed E-state index contributed by atoms with van der Waals surface area (Å²) in [5.41, 5.74) is 6.69. The average molecular weight is 505 g/mol. The molecule has 1 aliphatic rings. The van der Waals surface area contributed by atoms with E-state index in [0.29, 0.717) is 11.5 Å². The van der Waals surface area contributed by atoms with Gasteiger partial charge in [0.25, 0.3) is 5.91 Å². The van der Waals surface area contributed by atoms with E-state index in [1.165, 1.54) is 24.7 Å². The number of anilines is 3. The van der Waals surface area contributed by atoms with Gasteiger partial charge in [0, 0.05) is 19.1 Å². The van der Waals surface area contributed by atoms with Gasteiger partial charge in [-0.1, -0.05) is 36.9 Å². The van der Waals surface area contributed by atoms with Crippen LogP contribution in [-0.2, 0) is 16.1 Å². The number of carbonyl (C=O) groups excluding carboxylic acids is 3. The van der Waals surface area contributed by atoms with E-state index in [9.17, 15) is 14.4 Å². The lowest BCUT2D eigenvalue weighted by Gasteiger charge is -2.26. The summed E-state index contributed by atoms with van der Waals surface area (Å²) in [6.07, 6.45) is 7.29. The van der Waals surface area contributed by atoms with Crippen molar-refractivity contribution in [3.05, 3.63) is 72.8 Å². The molecule has 1 fully saturated rings. The Kier molecular flexibility index (Phi) is 7.77. The van der Waals surface area contributed by atoms with Crippen LogP contribution < -0.4 is 21.3 Å². The second-order valence-corrected chi connectivity index (χ2v) is 8.62. The summed E-state index contributed by atoms with van der Waals surface area (Å²) < 4.78 is 6.32. The molecule has 2 atom stereocenters. The van der Waals surface area contributed by atoms with E-state index in [2.05, 4.69) is 32.3 Å². The zero-order valence-corrected chi connectivity index (χ0v) is 20.3. The highest BCUT2D eigenvalue weighted by Crippen LogP contribution is 2.28. The van der Waals surface area contributed by atoms with E-state index in [1.54, 1.807) is 0 Å². The zero-order valence-electron chi connectivity index (χ0n) is 20.3. The van der Waals surface area contributed by atoms with Gasteiger partial charge in [-0.15, -0.1) is 0 Å². The van der Waals surface area contributed by atoms with Crippen molar-refractivity contribution in [3.63, 3.8) is 0 Å². The first kappa shape index (κ1) is 25.4. The summed E-state index contributed by atoms with van der Waals surface area (Å²) >= 11 is 0. The third kappa shape index (κ3) is 6.28. The van der Waals surface area contributed by atoms with Crippen LogP contribution in [0, 0.1) is 0 Å². The van der Waals surface area contributed by atoms with Crippen LogP contribution in [0.5, 0.6) is 0 Å². The van der Waals surface area contributed by atoms with Gasteiger partial charge in [-0.3, -0.25) is 9.59 Å². The largest absolute Gasteiger partial charge is 0.443 e. The molecule has 4 rings (SSSR count). The number of ether oxygens (including phenoxy) is 1. The van der Waals surface area contributed by atoms with Crippen LogP contribution in [-0.4, -0.2) is 56.8 Å². The van der Waals surface area contributed by atoms with E-state index in [0.717, 1.165) is 29.5 Å². The molecule has 0 bridgehead atoms. The second kappa shape index (κ2) is 11.3. The Bertz CT molecular complexity index is 1290. The third-order valence-electron chi connectivity index (χ3n) is 6.08. The van der Waals surface area contributed by atoms with Crippen molar-refractivity contribution in [1.29, 1.82) is 0 Å². The number of hydrogen-bond acceptors (Lipinski definition) is 9. The summed E-state index contributed by atoms with van der Waals surface area (Å²) in [7, 11) is 1.88. The first-order valence-electron chi connectivity index (χ1n) is 11.7. The molecule has 2 aromatic heterocycles. The Hall–Kier alpha value is -4.74. The minimum Gasteiger partial charge on any atom is -0.443 e. The summed E-state index contributed by atoms with van der Waals surface area (Å²) in [6.45, 7) is 3.59. The minimum atomic E-state index is -0.757. The molecule has 0 aliphatic heterocycles. The topological polar surface area (TPSA) is 157 Å². The van der Waals surface area contributed by atoms with Crippen molar-refractivity contribution in [3.8, 4) is 0 Å². The number of amides is 2. The number of nitrogens with two attached hydrogens (primary N) is 1. The molecule has 2 amide bonds. The van der Waals surface area contributed by atoms with E-state index < -0.39 is 12.0 Å². The first-order chi connectivity index (χ1) is 17.8. The minimum absolute atomic E-state index is 0.0425. The number of nitrogens with one attached hydrogen (secondary N) is 2. The third-order valence-corrected chi connectivity index (χ3v) is 6.08. The maximum Gasteiger partial charge on any atom is 0.435 e. The SMILES string of the molecule is C=CC(=O)NC1CC[C@@H](N(C)c2cnc(C(N)=O)c(Nc3cnn(C(=O)OCc4ccccc4)c3)n2)C1. The van der Waals surface area contributed by atoms with Gasteiger partial charge in [0.2, 0.25) is 5.91 Å². The fourth-order valence-electron chi connectivity index (χ4n) is 4.11. The smallest absolute Gasteiger partial charge is 0.435 e. The van der Waals surface area contributed by atoms with E-state index in [-0.39, 0.29) is 36.1 Å². The molecule has 12 nitrogen and oxygen atoms in total. The van der Waals surface area contributed by atoms with Gasteiger partial charge in [0.1, 0.15) is 12.4 Å². The Labute approximate surface area is 213 Å². The number of nitrogens with zero attached hydrogens (tertiary/aromatic N) is 5. The van der Waals surface area contributed by atoms with Crippen LogP contribution in [0.1, 0.15) is 35.3 Å². The Morgan fingerprint density at radius 3 is 2.76 bits per heavy atom. The van der Waals surface area contributed by atoms with Crippen molar-refractivity contribution < 1.29 is 19.1 Å². The number of benzene rings is 1. The molecule has 2 heterocycles. The molecule has 37 heavy (non-hydrogen) atoms. The molecule has 4 N–H and O–H groups in total. The molecule has 12 heteroatoms. The lowest BCUT2D eigenvalue weighted by Crippen LogP contribution is -2.35. The Morgan fingerprint density at radius 1 is 1.24 bits per heavy atom. The normalized spacial score (nSPS) is 16.6. The van der Waals surface area contributed by atoms with E-state index >= 15 is 0 Å². The number of rotatable bonds is 9. The quantitative estimate of drug-likeness (QED) is 0.372. The number of primary amides is 1. The molecule has 0 saturated heterocycles. The molecule has 0 radical (unpaired) electrons. The summed E-state index contributed by atoms with van der Waals surface area (Å²) in [5, 5.41) is 9.92. The molecular weight excluding hydrogens is 476 g/mol. The van der Waals surface area contributed by atoms with Crippen LogP contribution >= 0.6 is 0 Å². The molecule has 0 spiro atoms. The molecule has 1 unspecified atom stereocenters. The average Bonchev–Trinajstić information content (AvgIpc) is 3.57. The van der Waals surface area contributed by atoms with Crippen molar-refractivity contribution in [2.24, 2.45) is 5.73 Å². The lowest BCUT2D eigenvalue weighted by molar-refractivity contribution is -0.117. The summed E-state index contributed by atoms with van der Waals surface area (Å²) in [6, 6.07) is 9.43.